The van der Waals surface area contributed by atoms with E-state index in [1.54, 1.807) is 6.07 Å². The Bertz CT molecular complexity index is 411. The highest BCUT2D eigenvalue weighted by molar-refractivity contribution is 9.10. The molecule has 0 saturated carbocycles. The number of thiocarbonyl (C=S) groups is 1. The molecular weight excluding hydrogens is 303 g/mol. The highest BCUT2D eigenvalue weighted by Gasteiger charge is 2.10. The molecule has 94 valence electrons. The van der Waals surface area contributed by atoms with Crippen molar-refractivity contribution < 1.29 is 4.39 Å². The molecule has 0 aliphatic heterocycles. The summed E-state index contributed by atoms with van der Waals surface area (Å²) in [6.45, 7) is 3.52. The average molecular weight is 319 g/mol. The second-order valence-corrected chi connectivity index (χ2v) is 5.56. The third kappa shape index (κ3) is 4.69. The normalized spacial score (nSPS) is 12.8. The quantitative estimate of drug-likeness (QED) is 0.846. The molecule has 0 heterocycles. The summed E-state index contributed by atoms with van der Waals surface area (Å²) in [4.78, 5) is 2.64. The topological polar surface area (TPSA) is 29.3 Å². The average Bonchev–Trinajstić information content (AvgIpc) is 2.22. The Morgan fingerprint density at radius 2 is 2.24 bits per heavy atom. The molecule has 1 rings (SSSR count). The van der Waals surface area contributed by atoms with Gasteiger partial charge in [0.2, 0.25) is 0 Å². The molecule has 0 aliphatic carbocycles. The first kappa shape index (κ1) is 14.5. The summed E-state index contributed by atoms with van der Waals surface area (Å²) < 4.78 is 13.7. The molecule has 1 atom stereocenters. The Kier molecular flexibility index (Phi) is 5.49. The van der Waals surface area contributed by atoms with Crippen molar-refractivity contribution in [3.8, 4) is 0 Å². The summed E-state index contributed by atoms with van der Waals surface area (Å²) in [6.07, 6.45) is 0. The van der Waals surface area contributed by atoms with Crippen LogP contribution in [0.4, 0.5) is 4.39 Å². The van der Waals surface area contributed by atoms with Crippen molar-refractivity contribution in [3.05, 3.63) is 34.1 Å². The lowest BCUT2D eigenvalue weighted by Crippen LogP contribution is -2.31. The Morgan fingerprint density at radius 3 is 2.76 bits per heavy atom. The molecule has 0 aliphatic rings. The summed E-state index contributed by atoms with van der Waals surface area (Å²) in [7, 11) is 1.99. The van der Waals surface area contributed by atoms with Crippen LogP contribution in [-0.2, 0) is 6.54 Å². The second-order valence-electron chi connectivity index (χ2n) is 4.24. The van der Waals surface area contributed by atoms with Gasteiger partial charge < -0.3 is 10.6 Å². The molecule has 0 bridgehead atoms. The maximum atomic E-state index is 12.9. The van der Waals surface area contributed by atoms with Gasteiger partial charge in [0, 0.05) is 23.5 Å². The van der Waals surface area contributed by atoms with Crippen molar-refractivity contribution in [1.29, 1.82) is 0 Å². The van der Waals surface area contributed by atoms with Crippen LogP contribution < -0.4 is 5.73 Å². The van der Waals surface area contributed by atoms with E-state index in [0.717, 1.165) is 23.1 Å². The fourth-order valence-electron chi connectivity index (χ4n) is 1.56. The molecule has 0 fully saturated rings. The minimum atomic E-state index is -0.236. The number of rotatable bonds is 5. The minimum absolute atomic E-state index is 0.175. The van der Waals surface area contributed by atoms with E-state index in [0.29, 0.717) is 4.99 Å². The molecule has 17 heavy (non-hydrogen) atoms. The zero-order valence-electron chi connectivity index (χ0n) is 9.91. The summed E-state index contributed by atoms with van der Waals surface area (Å²) in [6, 6.07) is 4.71. The van der Waals surface area contributed by atoms with Gasteiger partial charge in [-0.25, -0.2) is 4.39 Å². The van der Waals surface area contributed by atoms with Gasteiger partial charge in [-0.3, -0.25) is 0 Å². The molecule has 0 spiro atoms. The van der Waals surface area contributed by atoms with Crippen LogP contribution in [0.5, 0.6) is 0 Å². The van der Waals surface area contributed by atoms with Gasteiger partial charge in [0.1, 0.15) is 5.82 Å². The Hall–Kier alpha value is -0.520. The van der Waals surface area contributed by atoms with Gasteiger partial charge in [-0.05, 0) is 24.7 Å². The highest BCUT2D eigenvalue weighted by atomic mass is 79.9. The maximum Gasteiger partial charge on any atom is 0.124 e. The van der Waals surface area contributed by atoms with E-state index in [1.807, 2.05) is 14.0 Å². The van der Waals surface area contributed by atoms with Crippen LogP contribution in [0, 0.1) is 11.7 Å². The molecular formula is C12H16BrFN2S. The first-order valence-corrected chi connectivity index (χ1v) is 6.52. The minimum Gasteiger partial charge on any atom is -0.393 e. The summed E-state index contributed by atoms with van der Waals surface area (Å²) in [5, 5.41) is 0. The standard InChI is InChI=1S/C12H16BrFN2S/c1-8(12(15)17)6-16(2)7-9-3-4-10(14)5-11(9)13/h3-5,8H,6-7H2,1-2H3,(H2,15,17). The predicted octanol–water partition coefficient (Wildman–Crippen LogP) is 2.94. The Morgan fingerprint density at radius 1 is 1.59 bits per heavy atom. The fraction of sp³-hybridized carbons (Fsp3) is 0.417. The van der Waals surface area contributed by atoms with Crippen LogP contribution >= 0.6 is 28.1 Å². The zero-order chi connectivity index (χ0) is 13.0. The van der Waals surface area contributed by atoms with E-state index in [1.165, 1.54) is 12.1 Å². The number of hydrogen-bond donors (Lipinski definition) is 1. The van der Waals surface area contributed by atoms with Crippen molar-refractivity contribution in [2.24, 2.45) is 11.7 Å². The first-order chi connectivity index (χ1) is 7.90. The van der Waals surface area contributed by atoms with E-state index in [9.17, 15) is 4.39 Å². The maximum absolute atomic E-state index is 12.9. The van der Waals surface area contributed by atoms with Crippen LogP contribution in [0.25, 0.3) is 0 Å². The number of benzene rings is 1. The van der Waals surface area contributed by atoms with E-state index in [4.69, 9.17) is 18.0 Å². The molecule has 1 unspecified atom stereocenters. The van der Waals surface area contributed by atoms with Crippen LogP contribution in [0.3, 0.4) is 0 Å². The lowest BCUT2D eigenvalue weighted by atomic mass is 10.1. The smallest absolute Gasteiger partial charge is 0.124 e. The molecule has 0 aromatic heterocycles. The summed E-state index contributed by atoms with van der Waals surface area (Å²) in [5.41, 5.74) is 6.62. The molecule has 5 heteroatoms. The van der Waals surface area contributed by atoms with Crippen molar-refractivity contribution in [2.75, 3.05) is 13.6 Å². The van der Waals surface area contributed by atoms with Gasteiger partial charge in [-0.2, -0.15) is 0 Å². The molecule has 1 aromatic rings. The van der Waals surface area contributed by atoms with Crippen LogP contribution in [0.15, 0.2) is 22.7 Å². The van der Waals surface area contributed by atoms with E-state index in [-0.39, 0.29) is 11.7 Å². The van der Waals surface area contributed by atoms with Crippen molar-refractivity contribution in [1.82, 2.24) is 4.90 Å². The summed E-state index contributed by atoms with van der Waals surface area (Å²) >= 11 is 8.29. The highest BCUT2D eigenvalue weighted by Crippen LogP contribution is 2.19. The van der Waals surface area contributed by atoms with Crippen LogP contribution in [0.2, 0.25) is 0 Å². The van der Waals surface area contributed by atoms with E-state index < -0.39 is 0 Å². The Balaban J connectivity index is 2.62. The van der Waals surface area contributed by atoms with Crippen molar-refractivity contribution >= 4 is 33.1 Å². The van der Waals surface area contributed by atoms with E-state index >= 15 is 0 Å². The molecule has 1 aromatic carbocycles. The van der Waals surface area contributed by atoms with Crippen molar-refractivity contribution in [2.45, 2.75) is 13.5 Å². The third-order valence-electron chi connectivity index (χ3n) is 2.53. The zero-order valence-corrected chi connectivity index (χ0v) is 12.3. The van der Waals surface area contributed by atoms with Gasteiger partial charge in [0.15, 0.2) is 0 Å². The predicted molar refractivity (Wildman–Crippen MR) is 76.4 cm³/mol. The SMILES string of the molecule is CC(CN(C)Cc1ccc(F)cc1Br)C(N)=S. The molecule has 0 saturated heterocycles. The van der Waals surface area contributed by atoms with Gasteiger partial charge in [0.05, 0.1) is 4.99 Å². The van der Waals surface area contributed by atoms with E-state index in [2.05, 4.69) is 20.8 Å². The van der Waals surface area contributed by atoms with Crippen molar-refractivity contribution in [3.63, 3.8) is 0 Å². The fourth-order valence-corrected chi connectivity index (χ4v) is 2.11. The number of nitrogens with zero attached hydrogens (tertiary/aromatic N) is 1. The monoisotopic (exact) mass is 318 g/mol. The molecule has 0 amide bonds. The first-order valence-electron chi connectivity index (χ1n) is 5.32. The van der Waals surface area contributed by atoms with Crippen LogP contribution in [0.1, 0.15) is 12.5 Å². The molecule has 2 nitrogen and oxygen atoms in total. The molecule has 0 radical (unpaired) electrons. The molecule has 2 N–H and O–H groups in total. The van der Waals surface area contributed by atoms with Gasteiger partial charge in [-0.1, -0.05) is 41.1 Å². The Labute approximate surface area is 115 Å². The second kappa shape index (κ2) is 6.42. The third-order valence-corrected chi connectivity index (χ3v) is 3.67. The number of nitrogens with two attached hydrogens (primary N) is 1. The van der Waals surface area contributed by atoms with Gasteiger partial charge >= 0.3 is 0 Å². The lowest BCUT2D eigenvalue weighted by Gasteiger charge is -2.21. The van der Waals surface area contributed by atoms with Crippen LogP contribution in [-0.4, -0.2) is 23.5 Å². The largest absolute Gasteiger partial charge is 0.393 e. The van der Waals surface area contributed by atoms with Gasteiger partial charge in [0.25, 0.3) is 0 Å². The lowest BCUT2D eigenvalue weighted by molar-refractivity contribution is 0.307. The number of hydrogen-bond acceptors (Lipinski definition) is 2. The van der Waals surface area contributed by atoms with Gasteiger partial charge in [-0.15, -0.1) is 0 Å². The summed E-state index contributed by atoms with van der Waals surface area (Å²) in [5.74, 6) is -0.0611. The number of halogens is 2.